The highest BCUT2D eigenvalue weighted by molar-refractivity contribution is 5.72. The van der Waals surface area contributed by atoms with Crippen LogP contribution in [0.3, 0.4) is 0 Å². The monoisotopic (exact) mass is 216 g/mol. The van der Waals surface area contributed by atoms with Crippen LogP contribution in [-0.4, -0.2) is 51.2 Å². The van der Waals surface area contributed by atoms with E-state index in [1.807, 2.05) is 13.8 Å². The average Bonchev–Trinajstić information content (AvgIpc) is 2.16. The molecule has 0 aromatic rings. The van der Waals surface area contributed by atoms with Gasteiger partial charge in [-0.3, -0.25) is 4.79 Å². The molecule has 0 aliphatic carbocycles. The number of esters is 1. The molecule has 0 heterocycles. The lowest BCUT2D eigenvalue weighted by molar-refractivity contribution is -0.147. The summed E-state index contributed by atoms with van der Waals surface area (Å²) in [7, 11) is 4.11. The van der Waals surface area contributed by atoms with Crippen molar-refractivity contribution < 1.29 is 9.53 Å². The van der Waals surface area contributed by atoms with Crippen molar-refractivity contribution in [3.63, 3.8) is 0 Å². The molecule has 0 rings (SSSR count). The molecule has 0 saturated heterocycles. The first-order valence-electron chi connectivity index (χ1n) is 5.60. The molecule has 0 radical (unpaired) electrons. The predicted molar refractivity (Wildman–Crippen MR) is 61.8 cm³/mol. The normalized spacial score (nSPS) is 12.9. The van der Waals surface area contributed by atoms with Crippen LogP contribution in [0.15, 0.2) is 0 Å². The summed E-state index contributed by atoms with van der Waals surface area (Å²) in [6.07, 6.45) is 1.10. The van der Waals surface area contributed by atoms with Gasteiger partial charge < -0.3 is 15.0 Å². The molecule has 0 bridgehead atoms. The van der Waals surface area contributed by atoms with Crippen LogP contribution in [0.2, 0.25) is 0 Å². The molecule has 1 atom stereocenters. The van der Waals surface area contributed by atoms with Crippen molar-refractivity contribution in [2.24, 2.45) is 5.92 Å². The second-order valence-electron chi connectivity index (χ2n) is 4.01. The molecule has 0 aliphatic heterocycles. The van der Waals surface area contributed by atoms with Crippen molar-refractivity contribution in [2.45, 2.75) is 20.3 Å². The van der Waals surface area contributed by atoms with E-state index in [9.17, 15) is 4.79 Å². The van der Waals surface area contributed by atoms with Gasteiger partial charge >= 0.3 is 5.97 Å². The highest BCUT2D eigenvalue weighted by atomic mass is 16.5. The van der Waals surface area contributed by atoms with E-state index in [0.29, 0.717) is 13.2 Å². The summed E-state index contributed by atoms with van der Waals surface area (Å²) >= 11 is 0. The molecular weight excluding hydrogens is 192 g/mol. The number of nitrogens with zero attached hydrogens (tertiary/aromatic N) is 1. The van der Waals surface area contributed by atoms with Gasteiger partial charge in [-0.15, -0.1) is 0 Å². The number of hydrogen-bond acceptors (Lipinski definition) is 4. The maximum atomic E-state index is 11.2. The second kappa shape index (κ2) is 8.68. The number of carbonyl (C=O) groups is 1. The zero-order chi connectivity index (χ0) is 11.7. The highest BCUT2D eigenvalue weighted by Gasteiger charge is 2.12. The summed E-state index contributed by atoms with van der Waals surface area (Å²) in [6, 6.07) is 0. The maximum Gasteiger partial charge on any atom is 0.309 e. The number of nitrogens with one attached hydrogen (secondary N) is 1. The van der Waals surface area contributed by atoms with E-state index >= 15 is 0 Å². The van der Waals surface area contributed by atoms with E-state index in [0.717, 1.165) is 19.5 Å². The van der Waals surface area contributed by atoms with Crippen LogP contribution < -0.4 is 5.32 Å². The van der Waals surface area contributed by atoms with Gasteiger partial charge in [0.05, 0.1) is 12.5 Å². The van der Waals surface area contributed by atoms with Crippen molar-refractivity contribution >= 4 is 5.97 Å². The third-order valence-corrected chi connectivity index (χ3v) is 2.10. The lowest BCUT2D eigenvalue weighted by Crippen LogP contribution is -2.29. The smallest absolute Gasteiger partial charge is 0.309 e. The Balaban J connectivity index is 3.38. The van der Waals surface area contributed by atoms with Gasteiger partial charge in [0.15, 0.2) is 0 Å². The van der Waals surface area contributed by atoms with Crippen molar-refractivity contribution in [3.8, 4) is 0 Å². The Morgan fingerprint density at radius 1 is 1.47 bits per heavy atom. The third-order valence-electron chi connectivity index (χ3n) is 2.10. The molecule has 0 aromatic heterocycles. The lowest BCUT2D eigenvalue weighted by Gasteiger charge is -2.12. The first kappa shape index (κ1) is 14.4. The minimum atomic E-state index is -0.113. The van der Waals surface area contributed by atoms with Crippen LogP contribution in [0.1, 0.15) is 20.3 Å². The number of hydrogen-bond donors (Lipinski definition) is 1. The van der Waals surface area contributed by atoms with Crippen molar-refractivity contribution in [3.05, 3.63) is 0 Å². The summed E-state index contributed by atoms with van der Waals surface area (Å²) in [4.78, 5) is 13.4. The van der Waals surface area contributed by atoms with Crippen LogP contribution in [-0.2, 0) is 9.53 Å². The van der Waals surface area contributed by atoms with Crippen LogP contribution in [0.5, 0.6) is 0 Å². The second-order valence-corrected chi connectivity index (χ2v) is 4.01. The largest absolute Gasteiger partial charge is 0.466 e. The van der Waals surface area contributed by atoms with Gasteiger partial charge in [-0.1, -0.05) is 6.92 Å². The van der Waals surface area contributed by atoms with Gasteiger partial charge in [-0.25, -0.2) is 0 Å². The molecular formula is C11H24N2O2. The summed E-state index contributed by atoms with van der Waals surface area (Å²) < 4.78 is 4.91. The molecule has 0 fully saturated rings. The lowest BCUT2D eigenvalue weighted by atomic mass is 10.2. The van der Waals surface area contributed by atoms with Gasteiger partial charge in [-0.2, -0.15) is 0 Å². The molecule has 1 N–H and O–H groups in total. The minimum Gasteiger partial charge on any atom is -0.466 e. The van der Waals surface area contributed by atoms with E-state index in [1.54, 1.807) is 0 Å². The molecule has 1 unspecified atom stereocenters. The maximum absolute atomic E-state index is 11.2. The topological polar surface area (TPSA) is 41.6 Å². The van der Waals surface area contributed by atoms with Gasteiger partial charge in [0.25, 0.3) is 0 Å². The fourth-order valence-corrected chi connectivity index (χ4v) is 1.21. The molecule has 0 saturated carbocycles. The molecule has 4 heteroatoms. The van der Waals surface area contributed by atoms with E-state index in [2.05, 4.69) is 24.3 Å². The summed E-state index contributed by atoms with van der Waals surface area (Å²) in [5.41, 5.74) is 0. The Morgan fingerprint density at radius 3 is 2.67 bits per heavy atom. The summed E-state index contributed by atoms with van der Waals surface area (Å²) in [6.45, 7) is 6.89. The zero-order valence-corrected chi connectivity index (χ0v) is 10.4. The van der Waals surface area contributed by atoms with Crippen molar-refractivity contribution in [1.82, 2.24) is 10.2 Å². The fourth-order valence-electron chi connectivity index (χ4n) is 1.21. The van der Waals surface area contributed by atoms with E-state index in [1.165, 1.54) is 0 Å². The van der Waals surface area contributed by atoms with Crippen molar-refractivity contribution in [1.29, 1.82) is 0 Å². The number of ether oxygens (including phenoxy) is 1. The Labute approximate surface area is 93.0 Å². The van der Waals surface area contributed by atoms with Gasteiger partial charge in [0.1, 0.15) is 0 Å². The van der Waals surface area contributed by atoms with Gasteiger partial charge in [-0.05, 0) is 40.5 Å². The third kappa shape index (κ3) is 8.39. The van der Waals surface area contributed by atoms with Crippen LogP contribution in [0.25, 0.3) is 0 Å². The van der Waals surface area contributed by atoms with E-state index in [4.69, 9.17) is 4.74 Å². The van der Waals surface area contributed by atoms with E-state index < -0.39 is 0 Å². The molecule has 0 spiro atoms. The Kier molecular flexibility index (Phi) is 8.33. The Hall–Kier alpha value is -0.610. The van der Waals surface area contributed by atoms with Gasteiger partial charge in [0, 0.05) is 6.54 Å². The standard InChI is InChI=1S/C11H24N2O2/c1-5-15-11(14)10(2)9-12-7-6-8-13(3)4/h10,12H,5-9H2,1-4H3. The minimum absolute atomic E-state index is 0.0516. The number of rotatable bonds is 8. The predicted octanol–water partition coefficient (Wildman–Crippen LogP) is 0.727. The van der Waals surface area contributed by atoms with Crippen LogP contribution >= 0.6 is 0 Å². The quantitative estimate of drug-likeness (QED) is 0.480. The van der Waals surface area contributed by atoms with E-state index in [-0.39, 0.29) is 11.9 Å². The van der Waals surface area contributed by atoms with Gasteiger partial charge in [0.2, 0.25) is 0 Å². The SMILES string of the molecule is CCOC(=O)C(C)CNCCCN(C)C. The Bertz CT molecular complexity index is 172. The van der Waals surface area contributed by atoms with Crippen molar-refractivity contribution in [2.75, 3.05) is 40.3 Å². The molecule has 0 aliphatic rings. The summed E-state index contributed by atoms with van der Waals surface area (Å²) in [5.74, 6) is -0.165. The fraction of sp³-hybridized carbons (Fsp3) is 0.909. The first-order chi connectivity index (χ1) is 7.07. The average molecular weight is 216 g/mol. The molecule has 0 amide bonds. The zero-order valence-electron chi connectivity index (χ0n) is 10.4. The molecule has 90 valence electrons. The highest BCUT2D eigenvalue weighted by Crippen LogP contribution is 1.96. The van der Waals surface area contributed by atoms with Crippen LogP contribution in [0, 0.1) is 5.92 Å². The Morgan fingerprint density at radius 2 is 2.13 bits per heavy atom. The molecule has 0 aromatic carbocycles. The molecule has 4 nitrogen and oxygen atoms in total. The first-order valence-corrected chi connectivity index (χ1v) is 5.60. The summed E-state index contributed by atoms with van der Waals surface area (Å²) in [5, 5.41) is 3.25. The molecule has 15 heavy (non-hydrogen) atoms. The number of carbonyl (C=O) groups excluding carboxylic acids is 1. The van der Waals surface area contributed by atoms with Crippen LogP contribution in [0.4, 0.5) is 0 Å².